The number of benzene rings is 1. The Hall–Kier alpha value is -1.61. The highest BCUT2D eigenvalue weighted by Crippen LogP contribution is 2.35. The average molecular weight is 271 g/mol. The van der Waals surface area contributed by atoms with Crippen molar-refractivity contribution in [3.8, 4) is 0 Å². The van der Waals surface area contributed by atoms with E-state index in [4.69, 9.17) is 4.74 Å². The molecular formula is C17H21NO2. The first kappa shape index (κ1) is 13.4. The second-order valence-corrected chi connectivity index (χ2v) is 5.78. The molecule has 0 aromatic heterocycles. The van der Waals surface area contributed by atoms with E-state index >= 15 is 0 Å². The molecule has 2 atom stereocenters. The van der Waals surface area contributed by atoms with Gasteiger partial charge in [-0.1, -0.05) is 24.6 Å². The first-order chi connectivity index (χ1) is 9.69. The molecule has 1 aromatic rings. The topological polar surface area (TPSA) is 29.5 Å². The fourth-order valence-corrected chi connectivity index (χ4v) is 3.39. The molecule has 0 saturated carbocycles. The summed E-state index contributed by atoms with van der Waals surface area (Å²) in [6, 6.07) is 9.05. The molecule has 2 aliphatic heterocycles. The van der Waals surface area contributed by atoms with Crippen LogP contribution in [0.3, 0.4) is 0 Å². The minimum absolute atomic E-state index is 0.272. The molecule has 1 aromatic carbocycles. The molecule has 2 heterocycles. The molecule has 2 bridgehead atoms. The second kappa shape index (κ2) is 5.41. The van der Waals surface area contributed by atoms with Crippen LogP contribution in [-0.4, -0.2) is 37.1 Å². The number of ether oxygens (including phenoxy) is 1. The number of methoxy groups -OCH3 is 1. The summed E-state index contributed by atoms with van der Waals surface area (Å²) in [6.07, 6.45) is 7.42. The van der Waals surface area contributed by atoms with Crippen LogP contribution in [-0.2, 0) is 4.74 Å². The lowest BCUT2D eigenvalue weighted by atomic mass is 9.83. The summed E-state index contributed by atoms with van der Waals surface area (Å²) >= 11 is 0. The molecule has 1 fully saturated rings. The highest BCUT2D eigenvalue weighted by molar-refractivity contribution is 5.89. The van der Waals surface area contributed by atoms with Gasteiger partial charge in [0.25, 0.3) is 0 Å². The largest absolute Gasteiger partial charge is 0.465 e. The van der Waals surface area contributed by atoms with Crippen LogP contribution in [0.15, 0.2) is 30.3 Å². The summed E-state index contributed by atoms with van der Waals surface area (Å²) < 4.78 is 4.74. The number of hydrogen-bond acceptors (Lipinski definition) is 3. The van der Waals surface area contributed by atoms with Crippen LogP contribution in [0.2, 0.25) is 0 Å². The predicted molar refractivity (Wildman–Crippen MR) is 79.6 cm³/mol. The summed E-state index contributed by atoms with van der Waals surface area (Å²) in [5.74, 6) is -0.272. The van der Waals surface area contributed by atoms with Gasteiger partial charge in [-0.05, 0) is 49.6 Å². The zero-order valence-electron chi connectivity index (χ0n) is 12.1. The van der Waals surface area contributed by atoms with Gasteiger partial charge >= 0.3 is 5.97 Å². The van der Waals surface area contributed by atoms with Crippen molar-refractivity contribution < 1.29 is 9.53 Å². The van der Waals surface area contributed by atoms with Gasteiger partial charge in [-0.2, -0.15) is 0 Å². The van der Waals surface area contributed by atoms with E-state index in [-0.39, 0.29) is 5.97 Å². The van der Waals surface area contributed by atoms with E-state index in [0.717, 1.165) is 6.42 Å². The number of esters is 1. The van der Waals surface area contributed by atoms with Gasteiger partial charge in [-0.3, -0.25) is 4.90 Å². The Labute approximate surface area is 120 Å². The highest BCUT2D eigenvalue weighted by Gasteiger charge is 2.31. The van der Waals surface area contributed by atoms with Crippen molar-refractivity contribution in [1.82, 2.24) is 4.90 Å². The van der Waals surface area contributed by atoms with Gasteiger partial charge in [0.1, 0.15) is 0 Å². The van der Waals surface area contributed by atoms with E-state index in [9.17, 15) is 4.79 Å². The highest BCUT2D eigenvalue weighted by atomic mass is 16.5. The van der Waals surface area contributed by atoms with Gasteiger partial charge in [-0.25, -0.2) is 4.79 Å². The van der Waals surface area contributed by atoms with Gasteiger partial charge in [-0.15, -0.1) is 0 Å². The second-order valence-electron chi connectivity index (χ2n) is 5.78. The van der Waals surface area contributed by atoms with E-state index in [1.165, 1.54) is 37.5 Å². The lowest BCUT2D eigenvalue weighted by Gasteiger charge is -2.42. The van der Waals surface area contributed by atoms with Crippen molar-refractivity contribution in [2.45, 2.75) is 37.8 Å². The molecule has 1 saturated heterocycles. The van der Waals surface area contributed by atoms with E-state index in [0.29, 0.717) is 17.6 Å². The Morgan fingerprint density at radius 1 is 1.25 bits per heavy atom. The zero-order valence-corrected chi connectivity index (χ0v) is 12.1. The van der Waals surface area contributed by atoms with Crippen LogP contribution >= 0.6 is 0 Å². The first-order valence-electron chi connectivity index (χ1n) is 7.30. The number of hydrogen-bond donors (Lipinski definition) is 0. The number of likely N-dealkylation sites (N-methyl/N-ethyl adjacent to an activating group) is 1. The van der Waals surface area contributed by atoms with Gasteiger partial charge < -0.3 is 4.74 Å². The Morgan fingerprint density at radius 2 is 2.00 bits per heavy atom. The number of carbonyl (C=O) groups is 1. The first-order valence-corrected chi connectivity index (χ1v) is 7.30. The summed E-state index contributed by atoms with van der Waals surface area (Å²) in [6.45, 7) is 0. The third-order valence-electron chi connectivity index (χ3n) is 4.66. The lowest BCUT2D eigenvalue weighted by molar-refractivity contribution is 0.0600. The van der Waals surface area contributed by atoms with Gasteiger partial charge in [0.05, 0.1) is 12.7 Å². The van der Waals surface area contributed by atoms with Crippen LogP contribution in [0.1, 0.15) is 41.6 Å². The molecule has 106 valence electrons. The third-order valence-corrected chi connectivity index (χ3v) is 4.66. The third kappa shape index (κ3) is 2.38. The maximum atomic E-state index is 11.5. The van der Waals surface area contributed by atoms with Crippen LogP contribution in [0, 0.1) is 0 Å². The van der Waals surface area contributed by atoms with E-state index < -0.39 is 0 Å². The van der Waals surface area contributed by atoms with Crippen molar-refractivity contribution in [2.24, 2.45) is 0 Å². The maximum absolute atomic E-state index is 11.5. The van der Waals surface area contributed by atoms with E-state index in [1.807, 2.05) is 24.3 Å². The van der Waals surface area contributed by atoms with E-state index in [2.05, 4.69) is 18.0 Å². The van der Waals surface area contributed by atoms with E-state index in [1.54, 1.807) is 0 Å². The number of nitrogens with zero attached hydrogens (tertiary/aromatic N) is 1. The lowest BCUT2D eigenvalue weighted by Crippen LogP contribution is -2.45. The Morgan fingerprint density at radius 3 is 2.65 bits per heavy atom. The molecular weight excluding hydrogens is 250 g/mol. The molecule has 0 spiro atoms. The van der Waals surface area contributed by atoms with Crippen molar-refractivity contribution in [3.63, 3.8) is 0 Å². The molecule has 20 heavy (non-hydrogen) atoms. The van der Waals surface area contributed by atoms with Crippen LogP contribution in [0.4, 0.5) is 0 Å². The Kier molecular flexibility index (Phi) is 3.62. The molecule has 2 unspecified atom stereocenters. The number of fused-ring (bicyclic) bond motifs is 2. The average Bonchev–Trinajstić information content (AvgIpc) is 2.46. The van der Waals surface area contributed by atoms with Crippen LogP contribution in [0.5, 0.6) is 0 Å². The fourth-order valence-electron chi connectivity index (χ4n) is 3.39. The van der Waals surface area contributed by atoms with Crippen molar-refractivity contribution in [3.05, 3.63) is 41.5 Å². The monoisotopic (exact) mass is 271 g/mol. The van der Waals surface area contributed by atoms with Crippen molar-refractivity contribution in [2.75, 3.05) is 14.2 Å². The van der Waals surface area contributed by atoms with Crippen molar-refractivity contribution in [1.29, 1.82) is 0 Å². The molecule has 3 nitrogen and oxygen atoms in total. The summed E-state index contributed by atoms with van der Waals surface area (Å²) in [7, 11) is 3.65. The number of carbonyl (C=O) groups excluding carboxylic acids is 1. The van der Waals surface area contributed by atoms with Gasteiger partial charge in [0, 0.05) is 12.1 Å². The molecule has 0 radical (unpaired) electrons. The summed E-state index contributed by atoms with van der Waals surface area (Å²) in [4.78, 5) is 14.0. The molecule has 0 amide bonds. The van der Waals surface area contributed by atoms with Crippen molar-refractivity contribution >= 4 is 11.5 Å². The predicted octanol–water partition coefficient (Wildman–Crippen LogP) is 3.11. The summed E-state index contributed by atoms with van der Waals surface area (Å²) in [5.41, 5.74) is 3.28. The zero-order chi connectivity index (χ0) is 14.1. The Balaban J connectivity index is 1.84. The standard InChI is InChI=1S/C17H21NO2/c1-18-15-4-3-5-16(18)11-14(10-15)12-6-8-13(9-7-12)17(19)20-2/h6-10,15-16H,3-5,11H2,1-2H3. The molecule has 3 heteroatoms. The SMILES string of the molecule is COC(=O)c1ccc(C2=CC3CCCC(C2)N3C)cc1. The normalized spacial score (nSPS) is 26.0. The smallest absolute Gasteiger partial charge is 0.337 e. The molecule has 3 rings (SSSR count). The van der Waals surface area contributed by atoms with Crippen LogP contribution in [0.25, 0.3) is 5.57 Å². The van der Waals surface area contributed by atoms with Gasteiger partial charge in [0.15, 0.2) is 0 Å². The van der Waals surface area contributed by atoms with Crippen LogP contribution < -0.4 is 0 Å². The quantitative estimate of drug-likeness (QED) is 0.774. The molecule has 0 aliphatic carbocycles. The minimum Gasteiger partial charge on any atom is -0.465 e. The number of piperidine rings is 1. The molecule has 0 N–H and O–H groups in total. The molecule has 2 aliphatic rings. The van der Waals surface area contributed by atoms with Gasteiger partial charge in [0.2, 0.25) is 0 Å². The fraction of sp³-hybridized carbons (Fsp3) is 0.471. The minimum atomic E-state index is -0.272. The maximum Gasteiger partial charge on any atom is 0.337 e. The number of rotatable bonds is 2. The Bertz CT molecular complexity index is 532. The summed E-state index contributed by atoms with van der Waals surface area (Å²) in [5, 5.41) is 0.